The standard InChI is InChI=1S/C40H19N5O/c41-20-24-7-3-8-25(21-42)37(24)30-12-6-15-34-39(30)32-14-5-13-31(38-26(22-43)9-4-10-27(38)23-44)40(32)45(34)28-17-18-36-33(19-28)29-11-1-2-16-35(29)46-36/h1-19H. The van der Waals surface area contributed by atoms with Gasteiger partial charge < -0.3 is 8.98 Å². The van der Waals surface area contributed by atoms with Crippen LogP contribution in [0.25, 0.3) is 71.7 Å². The van der Waals surface area contributed by atoms with Crippen molar-refractivity contribution in [3.63, 3.8) is 0 Å². The predicted octanol–water partition coefficient (Wildman–Crippen LogP) is 9.50. The monoisotopic (exact) mass is 585 g/mol. The summed E-state index contributed by atoms with van der Waals surface area (Å²) in [5, 5.41) is 44.2. The Morgan fingerprint density at radius 2 is 1.02 bits per heavy atom. The number of furan rings is 1. The molecular formula is C40H19N5O. The number of aromatic nitrogens is 1. The molecule has 0 aliphatic rings. The van der Waals surface area contributed by atoms with Gasteiger partial charge in [-0.1, -0.05) is 60.7 Å². The van der Waals surface area contributed by atoms with Gasteiger partial charge in [0, 0.05) is 43.9 Å². The van der Waals surface area contributed by atoms with Crippen molar-refractivity contribution >= 4 is 43.7 Å². The lowest BCUT2D eigenvalue weighted by Crippen LogP contribution is -1.97. The van der Waals surface area contributed by atoms with Gasteiger partial charge in [-0.3, -0.25) is 0 Å². The average molecular weight is 586 g/mol. The zero-order chi connectivity index (χ0) is 31.4. The third-order valence-corrected chi connectivity index (χ3v) is 8.58. The second-order valence-corrected chi connectivity index (χ2v) is 10.9. The largest absolute Gasteiger partial charge is 0.456 e. The van der Waals surface area contributed by atoms with Crippen LogP contribution in [0.3, 0.4) is 0 Å². The van der Waals surface area contributed by atoms with Crippen molar-refractivity contribution < 1.29 is 4.42 Å². The summed E-state index contributed by atoms with van der Waals surface area (Å²) in [4.78, 5) is 0. The van der Waals surface area contributed by atoms with Crippen molar-refractivity contribution in [2.45, 2.75) is 0 Å². The Morgan fingerprint density at radius 1 is 0.478 bits per heavy atom. The van der Waals surface area contributed by atoms with E-state index < -0.39 is 0 Å². The highest BCUT2D eigenvalue weighted by Crippen LogP contribution is 2.45. The molecule has 0 radical (unpaired) electrons. The van der Waals surface area contributed by atoms with E-state index in [0.717, 1.165) is 60.6 Å². The lowest BCUT2D eigenvalue weighted by Gasteiger charge is -2.14. The van der Waals surface area contributed by atoms with Crippen LogP contribution in [-0.4, -0.2) is 4.57 Å². The van der Waals surface area contributed by atoms with Crippen LogP contribution in [0.15, 0.2) is 120 Å². The Hall–Kier alpha value is -7.12. The highest BCUT2D eigenvalue weighted by Gasteiger charge is 2.24. The molecule has 210 valence electrons. The maximum absolute atomic E-state index is 10.2. The van der Waals surface area contributed by atoms with Gasteiger partial charge in [0.05, 0.1) is 57.6 Å². The van der Waals surface area contributed by atoms with Crippen molar-refractivity contribution in [3.05, 3.63) is 138 Å². The minimum Gasteiger partial charge on any atom is -0.456 e. The molecule has 8 aromatic rings. The van der Waals surface area contributed by atoms with Crippen LogP contribution < -0.4 is 0 Å². The molecule has 0 fully saturated rings. The van der Waals surface area contributed by atoms with Crippen molar-refractivity contribution in [1.82, 2.24) is 4.57 Å². The maximum atomic E-state index is 10.2. The quantitative estimate of drug-likeness (QED) is 0.205. The molecule has 46 heavy (non-hydrogen) atoms. The van der Waals surface area contributed by atoms with Crippen LogP contribution >= 0.6 is 0 Å². The highest BCUT2D eigenvalue weighted by molar-refractivity contribution is 6.20. The van der Waals surface area contributed by atoms with Crippen LogP contribution in [0.4, 0.5) is 0 Å². The van der Waals surface area contributed by atoms with E-state index in [9.17, 15) is 21.0 Å². The molecule has 2 aromatic heterocycles. The minimum absolute atomic E-state index is 0.390. The van der Waals surface area contributed by atoms with Crippen molar-refractivity contribution in [3.8, 4) is 52.2 Å². The number of nitriles is 4. The Balaban J connectivity index is 1.59. The number of nitrogens with zero attached hydrogens (tertiary/aromatic N) is 5. The Labute approximate surface area is 263 Å². The smallest absolute Gasteiger partial charge is 0.135 e. The number of rotatable bonds is 3. The molecule has 6 nitrogen and oxygen atoms in total. The Kier molecular flexibility index (Phi) is 5.91. The van der Waals surface area contributed by atoms with Gasteiger partial charge in [0.2, 0.25) is 0 Å². The van der Waals surface area contributed by atoms with E-state index in [1.54, 1.807) is 36.4 Å². The molecule has 6 heteroatoms. The van der Waals surface area contributed by atoms with E-state index >= 15 is 0 Å². The fourth-order valence-electron chi connectivity index (χ4n) is 6.71. The molecule has 6 aromatic carbocycles. The summed E-state index contributed by atoms with van der Waals surface area (Å²) in [6, 6.07) is 45.2. The maximum Gasteiger partial charge on any atom is 0.135 e. The van der Waals surface area contributed by atoms with E-state index in [1.807, 2.05) is 72.8 Å². The highest BCUT2D eigenvalue weighted by atomic mass is 16.3. The number of benzene rings is 6. The fourth-order valence-corrected chi connectivity index (χ4v) is 6.71. The van der Waals surface area contributed by atoms with Crippen LogP contribution in [0, 0.1) is 45.3 Å². The molecular weight excluding hydrogens is 566 g/mol. The van der Waals surface area contributed by atoms with Gasteiger partial charge in [-0.2, -0.15) is 21.0 Å². The average Bonchev–Trinajstić information content (AvgIpc) is 3.66. The van der Waals surface area contributed by atoms with Crippen molar-refractivity contribution in [1.29, 1.82) is 21.0 Å². The molecule has 0 amide bonds. The van der Waals surface area contributed by atoms with E-state index in [1.165, 1.54) is 0 Å². The molecule has 0 saturated heterocycles. The summed E-state index contributed by atoms with van der Waals surface area (Å²) >= 11 is 0. The first-order valence-electron chi connectivity index (χ1n) is 14.5. The second-order valence-electron chi connectivity index (χ2n) is 10.9. The molecule has 0 N–H and O–H groups in total. The molecule has 0 spiro atoms. The van der Waals surface area contributed by atoms with Gasteiger partial charge in [-0.25, -0.2) is 0 Å². The van der Waals surface area contributed by atoms with Gasteiger partial charge in [0.25, 0.3) is 0 Å². The normalized spacial score (nSPS) is 11.0. The Bertz CT molecular complexity index is 2690. The summed E-state index contributed by atoms with van der Waals surface area (Å²) in [6.07, 6.45) is 0. The van der Waals surface area contributed by atoms with E-state index in [2.05, 4.69) is 34.9 Å². The van der Waals surface area contributed by atoms with E-state index in [-0.39, 0.29) is 0 Å². The summed E-state index contributed by atoms with van der Waals surface area (Å²) < 4.78 is 8.28. The molecule has 0 aliphatic heterocycles. The summed E-state index contributed by atoms with van der Waals surface area (Å²) in [5.74, 6) is 0. The van der Waals surface area contributed by atoms with Crippen LogP contribution in [0.1, 0.15) is 22.3 Å². The minimum atomic E-state index is 0.390. The summed E-state index contributed by atoms with van der Waals surface area (Å²) in [5.41, 5.74) is 8.20. The molecule has 0 bridgehead atoms. The molecule has 0 unspecified atom stereocenters. The molecule has 0 atom stereocenters. The number of hydrogen-bond acceptors (Lipinski definition) is 5. The van der Waals surface area contributed by atoms with Crippen molar-refractivity contribution in [2.24, 2.45) is 0 Å². The lowest BCUT2D eigenvalue weighted by molar-refractivity contribution is 0.669. The zero-order valence-corrected chi connectivity index (χ0v) is 24.1. The number of fused-ring (bicyclic) bond motifs is 6. The third kappa shape index (κ3) is 3.73. The van der Waals surface area contributed by atoms with Gasteiger partial charge in [0.15, 0.2) is 0 Å². The third-order valence-electron chi connectivity index (χ3n) is 8.58. The predicted molar refractivity (Wildman–Crippen MR) is 178 cm³/mol. The first-order chi connectivity index (χ1) is 22.7. The van der Waals surface area contributed by atoms with Gasteiger partial charge in [-0.05, 0) is 60.2 Å². The SMILES string of the molecule is N#Cc1cccc(C#N)c1-c1cccc2c1c1cccc(-c3c(C#N)cccc3C#N)c1n2-c1ccc2oc3ccccc3c2c1. The van der Waals surface area contributed by atoms with E-state index in [0.29, 0.717) is 33.4 Å². The first kappa shape index (κ1) is 26.5. The van der Waals surface area contributed by atoms with Gasteiger partial charge in [0.1, 0.15) is 11.2 Å². The van der Waals surface area contributed by atoms with Crippen LogP contribution in [0.5, 0.6) is 0 Å². The second kappa shape index (κ2) is 10.3. The molecule has 8 rings (SSSR count). The number of para-hydroxylation sites is 2. The van der Waals surface area contributed by atoms with Crippen molar-refractivity contribution in [2.75, 3.05) is 0 Å². The molecule has 0 aliphatic carbocycles. The topological polar surface area (TPSA) is 113 Å². The molecule has 2 heterocycles. The first-order valence-corrected chi connectivity index (χ1v) is 14.5. The fraction of sp³-hybridized carbons (Fsp3) is 0. The van der Waals surface area contributed by atoms with E-state index in [4.69, 9.17) is 4.42 Å². The zero-order valence-electron chi connectivity index (χ0n) is 24.1. The molecule has 0 saturated carbocycles. The van der Waals surface area contributed by atoms with Crippen LogP contribution in [-0.2, 0) is 0 Å². The van der Waals surface area contributed by atoms with Gasteiger partial charge >= 0.3 is 0 Å². The summed E-state index contributed by atoms with van der Waals surface area (Å²) in [6.45, 7) is 0. The van der Waals surface area contributed by atoms with Gasteiger partial charge in [-0.15, -0.1) is 0 Å². The number of hydrogen-bond donors (Lipinski definition) is 0. The summed E-state index contributed by atoms with van der Waals surface area (Å²) in [7, 11) is 0. The lowest BCUT2D eigenvalue weighted by atomic mass is 9.90. The van der Waals surface area contributed by atoms with Crippen LogP contribution in [0.2, 0.25) is 0 Å². The Morgan fingerprint density at radius 3 is 1.70 bits per heavy atom.